The van der Waals surface area contributed by atoms with Crippen LogP contribution >= 0.6 is 0 Å². The summed E-state index contributed by atoms with van der Waals surface area (Å²) in [4.78, 5) is -0.659. The summed E-state index contributed by atoms with van der Waals surface area (Å²) in [5, 5.41) is 0. The molecule has 1 N–H and O–H groups in total. The standard InChI is InChI=1S/C10H13F2NO2S/c1-3-7(2)13-16(14,15)10-6-8(11)4-5-9(10)12/h4-7,13H,3H2,1-2H3. The van der Waals surface area contributed by atoms with E-state index < -0.39 is 26.6 Å². The molecule has 0 aromatic heterocycles. The molecule has 0 aliphatic rings. The van der Waals surface area contributed by atoms with Crippen molar-refractivity contribution in [2.75, 3.05) is 0 Å². The number of sulfonamides is 1. The fraction of sp³-hybridized carbons (Fsp3) is 0.400. The second-order valence-corrected chi connectivity index (χ2v) is 5.19. The summed E-state index contributed by atoms with van der Waals surface area (Å²) in [5.41, 5.74) is 0. The fourth-order valence-corrected chi connectivity index (χ4v) is 2.51. The molecule has 1 aromatic rings. The predicted octanol–water partition coefficient (Wildman–Crippen LogP) is 2.04. The Labute approximate surface area is 93.5 Å². The van der Waals surface area contributed by atoms with E-state index in [1.54, 1.807) is 13.8 Å². The molecule has 0 fully saturated rings. The molecule has 1 rings (SSSR count). The van der Waals surface area contributed by atoms with Crippen LogP contribution in [0.5, 0.6) is 0 Å². The first-order chi connectivity index (χ1) is 7.36. The van der Waals surface area contributed by atoms with Crippen LogP contribution < -0.4 is 4.72 Å². The fourth-order valence-electron chi connectivity index (χ4n) is 1.09. The van der Waals surface area contributed by atoms with E-state index in [9.17, 15) is 17.2 Å². The number of rotatable bonds is 4. The zero-order valence-electron chi connectivity index (χ0n) is 9.00. The lowest BCUT2D eigenvalue weighted by atomic mass is 10.3. The van der Waals surface area contributed by atoms with Gasteiger partial charge in [-0.1, -0.05) is 6.92 Å². The lowest BCUT2D eigenvalue weighted by Gasteiger charge is -2.12. The van der Waals surface area contributed by atoms with Crippen molar-refractivity contribution in [1.29, 1.82) is 0 Å². The molecule has 16 heavy (non-hydrogen) atoms. The minimum absolute atomic E-state index is 0.326. The molecule has 0 aliphatic heterocycles. The van der Waals surface area contributed by atoms with Gasteiger partial charge in [-0.15, -0.1) is 0 Å². The first-order valence-electron chi connectivity index (χ1n) is 4.84. The first-order valence-corrected chi connectivity index (χ1v) is 6.32. The minimum Gasteiger partial charge on any atom is -0.208 e. The molecule has 0 aliphatic carbocycles. The van der Waals surface area contributed by atoms with Gasteiger partial charge in [-0.3, -0.25) is 0 Å². The van der Waals surface area contributed by atoms with Crippen LogP contribution in [0.3, 0.4) is 0 Å². The number of nitrogens with one attached hydrogen (secondary N) is 1. The quantitative estimate of drug-likeness (QED) is 0.887. The van der Waals surface area contributed by atoms with Crippen molar-refractivity contribution in [3.63, 3.8) is 0 Å². The van der Waals surface area contributed by atoms with E-state index in [1.807, 2.05) is 0 Å². The van der Waals surface area contributed by atoms with Gasteiger partial charge in [0.2, 0.25) is 10.0 Å². The summed E-state index contributed by atoms with van der Waals surface area (Å²) in [6, 6.07) is 2.01. The number of halogens is 2. The third-order valence-electron chi connectivity index (χ3n) is 2.15. The second kappa shape index (κ2) is 4.88. The first kappa shape index (κ1) is 13.1. The van der Waals surface area contributed by atoms with Gasteiger partial charge >= 0.3 is 0 Å². The zero-order chi connectivity index (χ0) is 12.3. The van der Waals surface area contributed by atoms with Crippen molar-refractivity contribution in [1.82, 2.24) is 4.72 Å². The van der Waals surface area contributed by atoms with E-state index in [2.05, 4.69) is 4.72 Å². The molecule has 1 unspecified atom stereocenters. The zero-order valence-corrected chi connectivity index (χ0v) is 9.81. The van der Waals surface area contributed by atoms with Gasteiger partial charge in [0.25, 0.3) is 0 Å². The summed E-state index contributed by atoms with van der Waals surface area (Å²) in [6.45, 7) is 3.43. The molecule has 0 saturated heterocycles. The second-order valence-electron chi connectivity index (χ2n) is 3.51. The molecule has 0 saturated carbocycles. The smallest absolute Gasteiger partial charge is 0.208 e. The van der Waals surface area contributed by atoms with E-state index in [-0.39, 0.29) is 6.04 Å². The van der Waals surface area contributed by atoms with Crippen molar-refractivity contribution in [2.45, 2.75) is 31.2 Å². The summed E-state index contributed by atoms with van der Waals surface area (Å²) in [5.74, 6) is -1.75. The average Bonchev–Trinajstić information content (AvgIpc) is 2.20. The molecule has 90 valence electrons. The lowest BCUT2D eigenvalue weighted by Crippen LogP contribution is -2.32. The number of hydrogen-bond acceptors (Lipinski definition) is 2. The van der Waals surface area contributed by atoms with Crippen LogP contribution in [-0.4, -0.2) is 14.5 Å². The van der Waals surface area contributed by atoms with E-state index in [0.29, 0.717) is 12.5 Å². The average molecular weight is 249 g/mol. The molecule has 0 amide bonds. The molecule has 1 aromatic carbocycles. The highest BCUT2D eigenvalue weighted by Gasteiger charge is 2.21. The van der Waals surface area contributed by atoms with Crippen molar-refractivity contribution >= 4 is 10.0 Å². The van der Waals surface area contributed by atoms with E-state index >= 15 is 0 Å². The lowest BCUT2D eigenvalue weighted by molar-refractivity contribution is 0.532. The Morgan fingerprint density at radius 1 is 1.38 bits per heavy atom. The molecular weight excluding hydrogens is 236 g/mol. The molecule has 0 bridgehead atoms. The molecule has 6 heteroatoms. The molecular formula is C10H13F2NO2S. The third-order valence-corrected chi connectivity index (χ3v) is 3.76. The molecule has 0 heterocycles. The Morgan fingerprint density at radius 3 is 2.56 bits per heavy atom. The Morgan fingerprint density at radius 2 is 2.00 bits per heavy atom. The van der Waals surface area contributed by atoms with Crippen LogP contribution in [0.25, 0.3) is 0 Å². The van der Waals surface area contributed by atoms with Gasteiger partial charge in [-0.05, 0) is 31.5 Å². The third kappa shape index (κ3) is 2.99. The van der Waals surface area contributed by atoms with Gasteiger partial charge in [0.05, 0.1) is 0 Å². The van der Waals surface area contributed by atoms with Gasteiger partial charge in [0.1, 0.15) is 16.5 Å². The summed E-state index contributed by atoms with van der Waals surface area (Å²) < 4.78 is 51.6. The largest absolute Gasteiger partial charge is 0.243 e. The van der Waals surface area contributed by atoms with Crippen molar-refractivity contribution in [3.8, 4) is 0 Å². The summed E-state index contributed by atoms with van der Waals surface area (Å²) in [6.07, 6.45) is 0.566. The summed E-state index contributed by atoms with van der Waals surface area (Å²) >= 11 is 0. The van der Waals surface area contributed by atoms with Gasteiger partial charge in [-0.2, -0.15) is 0 Å². The maximum atomic E-state index is 13.2. The van der Waals surface area contributed by atoms with Gasteiger partial charge < -0.3 is 0 Å². The Hall–Kier alpha value is -1.01. The van der Waals surface area contributed by atoms with E-state index in [0.717, 1.165) is 12.1 Å². The van der Waals surface area contributed by atoms with Crippen LogP contribution in [-0.2, 0) is 10.0 Å². The number of benzene rings is 1. The van der Waals surface area contributed by atoms with Crippen molar-refractivity contribution in [3.05, 3.63) is 29.8 Å². The highest BCUT2D eigenvalue weighted by molar-refractivity contribution is 7.89. The van der Waals surface area contributed by atoms with Gasteiger partial charge in [-0.25, -0.2) is 21.9 Å². The minimum atomic E-state index is -3.99. The Kier molecular flexibility index (Phi) is 3.98. The Bertz CT molecular complexity index is 474. The Balaban J connectivity index is 3.12. The van der Waals surface area contributed by atoms with E-state index in [1.165, 1.54) is 0 Å². The SMILES string of the molecule is CCC(C)NS(=O)(=O)c1cc(F)ccc1F. The molecule has 0 spiro atoms. The monoisotopic (exact) mass is 249 g/mol. The van der Waals surface area contributed by atoms with Gasteiger partial charge in [0, 0.05) is 6.04 Å². The normalized spacial score (nSPS) is 13.8. The predicted molar refractivity (Wildman–Crippen MR) is 56.4 cm³/mol. The highest BCUT2D eigenvalue weighted by Crippen LogP contribution is 2.16. The van der Waals surface area contributed by atoms with Crippen molar-refractivity contribution in [2.24, 2.45) is 0 Å². The topological polar surface area (TPSA) is 46.2 Å². The summed E-state index contributed by atoms with van der Waals surface area (Å²) in [7, 11) is -3.99. The van der Waals surface area contributed by atoms with Crippen LogP contribution in [0.4, 0.5) is 8.78 Å². The maximum Gasteiger partial charge on any atom is 0.243 e. The maximum absolute atomic E-state index is 13.2. The van der Waals surface area contributed by atoms with Crippen LogP contribution in [0, 0.1) is 11.6 Å². The molecule has 1 atom stereocenters. The van der Waals surface area contributed by atoms with Crippen LogP contribution in [0.15, 0.2) is 23.1 Å². The highest BCUT2D eigenvalue weighted by atomic mass is 32.2. The van der Waals surface area contributed by atoms with Crippen LogP contribution in [0.2, 0.25) is 0 Å². The molecule has 3 nitrogen and oxygen atoms in total. The van der Waals surface area contributed by atoms with Crippen LogP contribution in [0.1, 0.15) is 20.3 Å². The van der Waals surface area contributed by atoms with Crippen molar-refractivity contribution < 1.29 is 17.2 Å². The van der Waals surface area contributed by atoms with Gasteiger partial charge in [0.15, 0.2) is 0 Å². The number of hydrogen-bond donors (Lipinski definition) is 1. The van der Waals surface area contributed by atoms with E-state index in [4.69, 9.17) is 0 Å². The molecule has 0 radical (unpaired) electrons.